The molecule has 3 aromatic rings. The number of thiazole rings is 1. The number of carbonyl (C=O) groups is 3. The molecule has 5 rings (SSSR count). The Morgan fingerprint density at radius 2 is 2.00 bits per heavy atom. The maximum absolute atomic E-state index is 15.3. The predicted octanol–water partition coefficient (Wildman–Crippen LogP) is 2.51. The fourth-order valence-electron chi connectivity index (χ4n) is 4.71. The molecule has 0 spiro atoms. The van der Waals surface area contributed by atoms with E-state index in [0.29, 0.717) is 28.8 Å². The van der Waals surface area contributed by atoms with Crippen LogP contribution in [0.2, 0.25) is 0 Å². The number of ether oxygens (including phenoxy) is 1. The molecule has 2 aliphatic rings. The highest BCUT2D eigenvalue weighted by atomic mass is 32.2. The standard InChI is InChI=1S/C27H29FN4O6S2/c1-15(33)32-8-7-17-11-16(3-6-22(17)32)19-12-23-21(13-20(19)28)31-27(39-23)25(40(36,37)10-9-38-2)26(35)29-14-24(34)30-18-4-5-18/h3,6,11-13,18,25H,4-5,7-10,14H2,1-2H3,(H,29,35)(H,30,34). The summed E-state index contributed by atoms with van der Waals surface area (Å²) in [6.45, 7) is 1.58. The Balaban J connectivity index is 1.46. The maximum Gasteiger partial charge on any atom is 0.245 e. The molecule has 0 radical (unpaired) electrons. The van der Waals surface area contributed by atoms with Gasteiger partial charge in [0.05, 0.1) is 29.1 Å². The lowest BCUT2D eigenvalue weighted by Gasteiger charge is -2.15. The van der Waals surface area contributed by atoms with E-state index in [-0.39, 0.29) is 35.6 Å². The molecule has 1 saturated carbocycles. The van der Waals surface area contributed by atoms with Crippen molar-refractivity contribution in [2.75, 3.05) is 37.5 Å². The van der Waals surface area contributed by atoms with Crippen molar-refractivity contribution in [1.82, 2.24) is 15.6 Å². The van der Waals surface area contributed by atoms with Crippen LogP contribution in [0.25, 0.3) is 21.3 Å². The van der Waals surface area contributed by atoms with Gasteiger partial charge in [-0.05, 0) is 48.6 Å². The summed E-state index contributed by atoms with van der Waals surface area (Å²) in [7, 11) is -2.73. The van der Waals surface area contributed by atoms with E-state index >= 15 is 4.39 Å². The van der Waals surface area contributed by atoms with Crippen molar-refractivity contribution in [1.29, 1.82) is 0 Å². The Morgan fingerprint density at radius 1 is 1.23 bits per heavy atom. The van der Waals surface area contributed by atoms with Gasteiger partial charge < -0.3 is 20.3 Å². The van der Waals surface area contributed by atoms with Crippen molar-refractivity contribution in [2.45, 2.75) is 37.5 Å². The number of nitrogens with zero attached hydrogens (tertiary/aromatic N) is 2. The topological polar surface area (TPSA) is 135 Å². The Morgan fingerprint density at radius 3 is 2.70 bits per heavy atom. The minimum absolute atomic E-state index is 0.0196. The zero-order valence-electron chi connectivity index (χ0n) is 22.0. The highest BCUT2D eigenvalue weighted by Crippen LogP contribution is 2.37. The summed E-state index contributed by atoms with van der Waals surface area (Å²) in [6.07, 6.45) is 2.41. The van der Waals surface area contributed by atoms with Crippen LogP contribution in [0.4, 0.5) is 10.1 Å². The third-order valence-electron chi connectivity index (χ3n) is 6.92. The summed E-state index contributed by atoms with van der Waals surface area (Å²) in [5, 5.41) is 3.45. The molecule has 1 unspecified atom stereocenters. The van der Waals surface area contributed by atoms with Crippen LogP contribution in [0.3, 0.4) is 0 Å². The number of carbonyl (C=O) groups excluding carboxylic acids is 3. The number of amides is 3. The Bertz CT molecular complexity index is 1600. The first-order valence-corrected chi connectivity index (χ1v) is 15.4. The number of halogens is 1. The lowest BCUT2D eigenvalue weighted by molar-refractivity contribution is -0.126. The first kappa shape index (κ1) is 28.1. The Hall–Kier alpha value is -3.42. The fraction of sp³-hybridized carbons (Fsp3) is 0.407. The Kier molecular flexibility index (Phi) is 7.89. The van der Waals surface area contributed by atoms with Crippen LogP contribution in [0.1, 0.15) is 35.6 Å². The molecular weight excluding hydrogens is 559 g/mol. The van der Waals surface area contributed by atoms with E-state index in [1.54, 1.807) is 23.1 Å². The van der Waals surface area contributed by atoms with Crippen LogP contribution >= 0.6 is 11.3 Å². The predicted molar refractivity (Wildman–Crippen MR) is 149 cm³/mol. The van der Waals surface area contributed by atoms with Crippen molar-refractivity contribution >= 4 is 54.8 Å². The highest BCUT2D eigenvalue weighted by Gasteiger charge is 2.37. The molecule has 2 N–H and O–H groups in total. The number of rotatable bonds is 10. The van der Waals surface area contributed by atoms with Gasteiger partial charge in [-0.25, -0.2) is 17.8 Å². The quantitative estimate of drug-likeness (QED) is 0.372. The van der Waals surface area contributed by atoms with Crippen LogP contribution < -0.4 is 15.5 Å². The van der Waals surface area contributed by atoms with Gasteiger partial charge in [0, 0.05) is 43.9 Å². The van der Waals surface area contributed by atoms with Gasteiger partial charge in [-0.2, -0.15) is 0 Å². The number of nitrogens with one attached hydrogen (secondary N) is 2. The minimum atomic E-state index is -4.08. The average Bonchev–Trinajstić information content (AvgIpc) is 3.46. The molecule has 0 saturated heterocycles. The van der Waals surface area contributed by atoms with Gasteiger partial charge in [0.2, 0.25) is 17.7 Å². The van der Waals surface area contributed by atoms with Gasteiger partial charge in [0.25, 0.3) is 0 Å². The number of fused-ring (bicyclic) bond motifs is 2. The molecule has 40 heavy (non-hydrogen) atoms. The molecular formula is C27H29FN4O6S2. The molecule has 1 aliphatic heterocycles. The number of hydrogen-bond donors (Lipinski definition) is 2. The lowest BCUT2D eigenvalue weighted by Crippen LogP contribution is -2.41. The zero-order valence-corrected chi connectivity index (χ0v) is 23.7. The molecule has 2 heterocycles. The van der Waals surface area contributed by atoms with E-state index < -0.39 is 38.5 Å². The second kappa shape index (κ2) is 11.2. The number of sulfone groups is 1. The third kappa shape index (κ3) is 5.86. The largest absolute Gasteiger partial charge is 0.384 e. The molecule has 1 aliphatic carbocycles. The number of aromatic nitrogens is 1. The number of hydrogen-bond acceptors (Lipinski definition) is 8. The second-order valence-electron chi connectivity index (χ2n) is 9.92. The molecule has 13 heteroatoms. The maximum atomic E-state index is 15.3. The smallest absolute Gasteiger partial charge is 0.245 e. The minimum Gasteiger partial charge on any atom is -0.384 e. The summed E-state index contributed by atoms with van der Waals surface area (Å²) in [5.74, 6) is -2.32. The highest BCUT2D eigenvalue weighted by molar-refractivity contribution is 7.92. The summed E-state index contributed by atoms with van der Waals surface area (Å²) in [4.78, 5) is 43.1. The summed E-state index contributed by atoms with van der Waals surface area (Å²) in [6, 6.07) is 8.29. The van der Waals surface area contributed by atoms with E-state index in [1.165, 1.54) is 20.1 Å². The number of anilines is 1. The van der Waals surface area contributed by atoms with Gasteiger partial charge >= 0.3 is 0 Å². The molecule has 10 nitrogen and oxygen atoms in total. The second-order valence-corrected chi connectivity index (χ2v) is 13.2. The summed E-state index contributed by atoms with van der Waals surface area (Å²) >= 11 is 0.984. The fourth-order valence-corrected chi connectivity index (χ4v) is 7.67. The van der Waals surface area contributed by atoms with Gasteiger partial charge in [-0.1, -0.05) is 6.07 Å². The lowest BCUT2D eigenvalue weighted by atomic mass is 10.0. The molecule has 1 aromatic heterocycles. The first-order valence-electron chi connectivity index (χ1n) is 12.9. The first-order chi connectivity index (χ1) is 19.1. The molecule has 1 fully saturated rings. The van der Waals surface area contributed by atoms with E-state index in [1.807, 2.05) is 6.07 Å². The zero-order chi connectivity index (χ0) is 28.6. The van der Waals surface area contributed by atoms with Gasteiger partial charge in [-0.15, -0.1) is 11.3 Å². The van der Waals surface area contributed by atoms with Crippen molar-refractivity contribution in [3.63, 3.8) is 0 Å². The molecule has 2 aromatic carbocycles. The van der Waals surface area contributed by atoms with Crippen LogP contribution in [-0.4, -0.2) is 69.7 Å². The third-order valence-corrected chi connectivity index (χ3v) is 10.0. The average molecular weight is 589 g/mol. The van der Waals surface area contributed by atoms with Crippen molar-refractivity contribution < 1.29 is 31.9 Å². The van der Waals surface area contributed by atoms with Crippen molar-refractivity contribution in [3.8, 4) is 11.1 Å². The number of benzene rings is 2. The van der Waals surface area contributed by atoms with E-state index in [0.717, 1.165) is 35.4 Å². The molecule has 1 atom stereocenters. The van der Waals surface area contributed by atoms with Crippen LogP contribution in [0.5, 0.6) is 0 Å². The van der Waals surface area contributed by atoms with Crippen LogP contribution in [0.15, 0.2) is 30.3 Å². The van der Waals surface area contributed by atoms with Crippen LogP contribution in [0, 0.1) is 5.82 Å². The molecule has 3 amide bonds. The van der Waals surface area contributed by atoms with E-state index in [2.05, 4.69) is 15.6 Å². The van der Waals surface area contributed by atoms with Gasteiger partial charge in [0.1, 0.15) is 10.8 Å². The van der Waals surface area contributed by atoms with Crippen molar-refractivity contribution in [2.24, 2.45) is 0 Å². The SMILES string of the molecule is COCCS(=O)(=O)C(C(=O)NCC(=O)NC1CC1)c1nc2cc(F)c(-c3ccc4c(c3)CCN4C(C)=O)cc2s1. The summed E-state index contributed by atoms with van der Waals surface area (Å²) in [5.41, 5.74) is 2.87. The van der Waals surface area contributed by atoms with E-state index in [4.69, 9.17) is 4.74 Å². The number of methoxy groups -OCH3 is 1. The van der Waals surface area contributed by atoms with E-state index in [9.17, 15) is 22.8 Å². The molecule has 212 valence electrons. The van der Waals surface area contributed by atoms with Gasteiger partial charge in [-0.3, -0.25) is 14.4 Å². The monoisotopic (exact) mass is 588 g/mol. The normalized spacial score (nSPS) is 15.6. The molecule has 0 bridgehead atoms. The van der Waals surface area contributed by atoms with Crippen molar-refractivity contribution in [3.05, 3.63) is 46.7 Å². The summed E-state index contributed by atoms with van der Waals surface area (Å²) < 4.78 is 47.1. The Labute approximate surface area is 234 Å². The van der Waals surface area contributed by atoms with Gasteiger partial charge in [0.15, 0.2) is 15.1 Å². The van der Waals surface area contributed by atoms with Crippen LogP contribution in [-0.2, 0) is 35.4 Å².